The molecule has 0 unspecified atom stereocenters. The summed E-state index contributed by atoms with van der Waals surface area (Å²) in [5.74, 6) is 0.758. The molecule has 2 aromatic heterocycles. The summed E-state index contributed by atoms with van der Waals surface area (Å²) in [6.07, 6.45) is 3.85. The predicted molar refractivity (Wildman–Crippen MR) is 117 cm³/mol. The van der Waals surface area contributed by atoms with Gasteiger partial charge in [-0.05, 0) is 43.2 Å². The van der Waals surface area contributed by atoms with Crippen molar-refractivity contribution < 1.29 is 17.7 Å². The van der Waals surface area contributed by atoms with E-state index in [1.807, 2.05) is 25.1 Å². The van der Waals surface area contributed by atoms with Crippen LogP contribution in [-0.4, -0.2) is 64.8 Å². The second-order valence-electron chi connectivity index (χ2n) is 7.81. The van der Waals surface area contributed by atoms with E-state index in [0.29, 0.717) is 36.1 Å². The molecule has 0 atom stereocenters. The van der Waals surface area contributed by atoms with E-state index in [4.69, 9.17) is 4.52 Å². The Morgan fingerprint density at radius 3 is 2.62 bits per heavy atom. The number of piperazine rings is 1. The van der Waals surface area contributed by atoms with E-state index in [2.05, 4.69) is 15.1 Å². The van der Waals surface area contributed by atoms with Crippen molar-refractivity contribution >= 4 is 15.9 Å². The van der Waals surface area contributed by atoms with Gasteiger partial charge in [0, 0.05) is 57.0 Å². The third kappa shape index (κ3) is 4.71. The number of hydrogen-bond donors (Lipinski definition) is 0. The molecule has 0 radical (unpaired) electrons. The van der Waals surface area contributed by atoms with Gasteiger partial charge in [-0.3, -0.25) is 9.78 Å². The average Bonchev–Trinajstić information content (AvgIpc) is 3.29. The normalized spacial score (nSPS) is 15.1. The quantitative estimate of drug-likeness (QED) is 0.560. The van der Waals surface area contributed by atoms with Crippen molar-refractivity contribution in [2.24, 2.45) is 0 Å². The highest BCUT2D eigenvalue weighted by Gasteiger charge is 2.31. The van der Waals surface area contributed by atoms with Gasteiger partial charge in [-0.25, -0.2) is 8.42 Å². The van der Waals surface area contributed by atoms with Crippen LogP contribution >= 0.6 is 0 Å². The van der Waals surface area contributed by atoms with Crippen LogP contribution in [0.3, 0.4) is 0 Å². The number of carbonyl (C=O) groups is 1. The lowest BCUT2D eigenvalue weighted by Crippen LogP contribution is -2.50. The monoisotopic (exact) mass is 455 g/mol. The Bertz CT molecular complexity index is 1200. The van der Waals surface area contributed by atoms with Crippen LogP contribution in [0.1, 0.15) is 23.4 Å². The summed E-state index contributed by atoms with van der Waals surface area (Å²) < 4.78 is 32.8. The van der Waals surface area contributed by atoms with Crippen molar-refractivity contribution in [1.29, 1.82) is 0 Å². The van der Waals surface area contributed by atoms with Gasteiger partial charge in [0.15, 0.2) is 0 Å². The zero-order valence-electron chi connectivity index (χ0n) is 18.1. The second kappa shape index (κ2) is 9.17. The Labute approximate surface area is 187 Å². The van der Waals surface area contributed by atoms with E-state index in [9.17, 15) is 13.2 Å². The van der Waals surface area contributed by atoms with E-state index in [0.717, 1.165) is 16.7 Å². The maximum atomic E-state index is 13.1. The van der Waals surface area contributed by atoms with Gasteiger partial charge in [0.2, 0.25) is 27.6 Å². The van der Waals surface area contributed by atoms with E-state index in [-0.39, 0.29) is 25.4 Å². The molecule has 0 saturated carbocycles. The fraction of sp³-hybridized carbons (Fsp3) is 0.364. The van der Waals surface area contributed by atoms with Crippen molar-refractivity contribution in [3.8, 4) is 11.4 Å². The number of benzene rings is 1. The zero-order chi connectivity index (χ0) is 22.7. The Balaban J connectivity index is 1.32. The lowest BCUT2D eigenvalue weighted by Gasteiger charge is -2.34. The number of pyridine rings is 1. The third-order valence-corrected chi connectivity index (χ3v) is 7.53. The maximum absolute atomic E-state index is 13.1. The summed E-state index contributed by atoms with van der Waals surface area (Å²) >= 11 is 0. The molecule has 0 aliphatic carbocycles. The van der Waals surface area contributed by atoms with Gasteiger partial charge in [0.05, 0.1) is 4.90 Å². The minimum atomic E-state index is -3.59. The van der Waals surface area contributed by atoms with Gasteiger partial charge in [-0.15, -0.1) is 0 Å². The molecule has 3 aromatic rings. The molecular formula is C22H25N5O4S. The van der Waals surface area contributed by atoms with Crippen molar-refractivity contribution in [2.75, 3.05) is 26.2 Å². The molecule has 4 rings (SSSR count). The van der Waals surface area contributed by atoms with Gasteiger partial charge in [0.25, 0.3) is 0 Å². The van der Waals surface area contributed by atoms with Gasteiger partial charge in [-0.1, -0.05) is 17.3 Å². The van der Waals surface area contributed by atoms with Crippen LogP contribution in [-0.2, 0) is 21.2 Å². The van der Waals surface area contributed by atoms with Crippen LogP contribution in [0.5, 0.6) is 0 Å². The fourth-order valence-electron chi connectivity index (χ4n) is 3.64. The molecule has 9 nitrogen and oxygen atoms in total. The molecule has 1 fully saturated rings. The molecule has 1 aromatic carbocycles. The summed E-state index contributed by atoms with van der Waals surface area (Å²) in [7, 11) is -3.59. The van der Waals surface area contributed by atoms with Gasteiger partial charge in [-0.2, -0.15) is 9.29 Å². The number of carbonyl (C=O) groups excluding carboxylic acids is 1. The topological polar surface area (TPSA) is 110 Å². The van der Waals surface area contributed by atoms with Crippen LogP contribution in [0.2, 0.25) is 0 Å². The zero-order valence-corrected chi connectivity index (χ0v) is 18.9. The molecule has 168 valence electrons. The molecule has 3 heterocycles. The van der Waals surface area contributed by atoms with E-state index in [1.54, 1.807) is 36.4 Å². The smallest absolute Gasteiger partial charge is 0.243 e. The Kier molecular flexibility index (Phi) is 6.33. The van der Waals surface area contributed by atoms with Crippen LogP contribution in [0, 0.1) is 13.8 Å². The lowest BCUT2D eigenvalue weighted by molar-refractivity contribution is -0.132. The lowest BCUT2D eigenvalue weighted by atomic mass is 10.2. The maximum Gasteiger partial charge on any atom is 0.243 e. The van der Waals surface area contributed by atoms with Crippen LogP contribution < -0.4 is 0 Å². The van der Waals surface area contributed by atoms with Crippen LogP contribution in [0.25, 0.3) is 11.4 Å². The third-order valence-electron chi connectivity index (χ3n) is 5.49. The number of aromatic nitrogens is 3. The highest BCUT2D eigenvalue weighted by molar-refractivity contribution is 7.89. The molecule has 0 bridgehead atoms. The minimum Gasteiger partial charge on any atom is -0.340 e. The highest BCUT2D eigenvalue weighted by Crippen LogP contribution is 2.23. The molecule has 1 aliphatic heterocycles. The number of sulfonamides is 1. The number of aryl methyl sites for hydroxylation is 3. The van der Waals surface area contributed by atoms with Crippen molar-refractivity contribution in [2.45, 2.75) is 31.6 Å². The molecule has 1 aliphatic rings. The summed E-state index contributed by atoms with van der Waals surface area (Å²) in [4.78, 5) is 23.0. The van der Waals surface area contributed by atoms with Gasteiger partial charge >= 0.3 is 0 Å². The molecular weight excluding hydrogens is 430 g/mol. The summed E-state index contributed by atoms with van der Waals surface area (Å²) in [5.41, 5.74) is 2.37. The summed E-state index contributed by atoms with van der Waals surface area (Å²) in [6, 6.07) is 9.03. The summed E-state index contributed by atoms with van der Waals surface area (Å²) in [5, 5.41) is 3.93. The first-order chi connectivity index (χ1) is 15.3. The number of hydrogen-bond acceptors (Lipinski definition) is 7. The first kappa shape index (κ1) is 22.1. The predicted octanol–water partition coefficient (Wildman–Crippen LogP) is 2.21. The number of rotatable bonds is 6. The minimum absolute atomic E-state index is 0.0603. The first-order valence-corrected chi connectivity index (χ1v) is 11.9. The Morgan fingerprint density at radius 2 is 1.91 bits per heavy atom. The van der Waals surface area contributed by atoms with Gasteiger partial charge in [0.1, 0.15) is 0 Å². The molecule has 10 heteroatoms. The Morgan fingerprint density at radius 1 is 1.12 bits per heavy atom. The van der Waals surface area contributed by atoms with Crippen LogP contribution in [0.4, 0.5) is 0 Å². The van der Waals surface area contributed by atoms with Crippen molar-refractivity contribution in [3.05, 3.63) is 59.7 Å². The van der Waals surface area contributed by atoms with Crippen molar-refractivity contribution in [1.82, 2.24) is 24.3 Å². The van der Waals surface area contributed by atoms with Crippen molar-refractivity contribution in [3.63, 3.8) is 0 Å². The number of amides is 1. The highest BCUT2D eigenvalue weighted by atomic mass is 32.2. The fourth-order valence-corrected chi connectivity index (χ4v) is 5.37. The van der Waals surface area contributed by atoms with E-state index in [1.165, 1.54) is 4.31 Å². The number of nitrogens with zero attached hydrogens (tertiary/aromatic N) is 5. The molecule has 1 saturated heterocycles. The Hall–Kier alpha value is -3.11. The van der Waals surface area contributed by atoms with E-state index < -0.39 is 10.0 Å². The molecule has 0 N–H and O–H groups in total. The van der Waals surface area contributed by atoms with Gasteiger partial charge < -0.3 is 9.42 Å². The molecule has 1 amide bonds. The molecule has 0 spiro atoms. The largest absolute Gasteiger partial charge is 0.340 e. The molecule has 32 heavy (non-hydrogen) atoms. The average molecular weight is 456 g/mol. The van der Waals surface area contributed by atoms with E-state index >= 15 is 0 Å². The first-order valence-electron chi connectivity index (χ1n) is 10.4. The second-order valence-corrected chi connectivity index (χ2v) is 9.71. The van der Waals surface area contributed by atoms with Crippen LogP contribution in [0.15, 0.2) is 52.1 Å². The standard InChI is InChI=1S/C22H25N5O4S/c1-16-5-6-17(2)19(14-16)32(29,30)27-12-10-26(11-13-27)21(28)8-7-20-24-22(25-31-20)18-4-3-9-23-15-18/h3-6,9,14-15H,7-8,10-13H2,1-2H3. The summed E-state index contributed by atoms with van der Waals surface area (Å²) in [6.45, 7) is 4.92. The SMILES string of the molecule is Cc1ccc(C)c(S(=O)(=O)N2CCN(C(=O)CCc3nc(-c4cccnc4)no3)CC2)c1.